The van der Waals surface area contributed by atoms with Gasteiger partial charge in [0.1, 0.15) is 5.82 Å². The van der Waals surface area contributed by atoms with E-state index in [1.165, 1.54) is 16.6 Å². The summed E-state index contributed by atoms with van der Waals surface area (Å²) in [6.45, 7) is 9.81. The molecule has 4 rings (SSSR count). The first kappa shape index (κ1) is 19.6. The molecule has 5 nitrogen and oxygen atoms in total. The molecule has 2 aromatic carbocycles. The zero-order valence-corrected chi connectivity index (χ0v) is 17.6. The predicted molar refractivity (Wildman–Crippen MR) is 118 cm³/mol. The van der Waals surface area contributed by atoms with Crippen LogP contribution in [0.3, 0.4) is 0 Å². The van der Waals surface area contributed by atoms with E-state index in [0.717, 1.165) is 56.0 Å². The molecule has 0 bridgehead atoms. The van der Waals surface area contributed by atoms with Crippen LogP contribution >= 0.6 is 0 Å². The van der Waals surface area contributed by atoms with Gasteiger partial charge in [0.25, 0.3) is 0 Å². The number of aromatic nitrogens is 2. The molecule has 0 saturated carbocycles. The molecule has 0 unspecified atom stereocenters. The number of hydrogen-bond donors (Lipinski definition) is 1. The zero-order valence-electron chi connectivity index (χ0n) is 17.6. The highest BCUT2D eigenvalue weighted by atomic mass is 16.1. The number of carbonyl (C=O) groups excluding carboxylic acids is 1. The van der Waals surface area contributed by atoms with Crippen molar-refractivity contribution in [2.75, 3.05) is 18.4 Å². The van der Waals surface area contributed by atoms with Crippen LogP contribution in [0.25, 0.3) is 11.0 Å². The average molecular weight is 391 g/mol. The Morgan fingerprint density at radius 2 is 2.00 bits per heavy atom. The van der Waals surface area contributed by atoms with Crippen molar-refractivity contribution < 1.29 is 4.79 Å². The summed E-state index contributed by atoms with van der Waals surface area (Å²) < 4.78 is 2.29. The number of anilines is 1. The van der Waals surface area contributed by atoms with Crippen LogP contribution in [0, 0.1) is 19.8 Å². The van der Waals surface area contributed by atoms with Gasteiger partial charge in [-0.3, -0.25) is 9.69 Å². The smallest absolute Gasteiger partial charge is 0.228 e. The van der Waals surface area contributed by atoms with Gasteiger partial charge in [-0.15, -0.1) is 0 Å². The van der Waals surface area contributed by atoms with E-state index in [4.69, 9.17) is 4.98 Å². The molecule has 29 heavy (non-hydrogen) atoms. The Kier molecular flexibility index (Phi) is 5.67. The van der Waals surface area contributed by atoms with E-state index in [1.54, 1.807) is 0 Å². The van der Waals surface area contributed by atoms with Gasteiger partial charge in [0.2, 0.25) is 5.91 Å². The van der Waals surface area contributed by atoms with Crippen LogP contribution < -0.4 is 5.32 Å². The van der Waals surface area contributed by atoms with Crippen molar-refractivity contribution >= 4 is 22.6 Å². The number of rotatable bonds is 5. The van der Waals surface area contributed by atoms with Gasteiger partial charge < -0.3 is 9.88 Å². The molecule has 1 amide bonds. The first-order chi connectivity index (χ1) is 14.0. The van der Waals surface area contributed by atoms with Crippen LogP contribution in [-0.4, -0.2) is 33.4 Å². The summed E-state index contributed by atoms with van der Waals surface area (Å²) in [4.78, 5) is 20.1. The average Bonchev–Trinajstić information content (AvgIpc) is 3.07. The van der Waals surface area contributed by atoms with Crippen molar-refractivity contribution in [2.24, 2.45) is 5.92 Å². The number of amides is 1. The number of nitrogens with zero attached hydrogens (tertiary/aromatic N) is 3. The maximum atomic E-state index is 12.9. The summed E-state index contributed by atoms with van der Waals surface area (Å²) in [5.41, 5.74) is 5.57. The third-order valence-electron chi connectivity index (χ3n) is 6.07. The van der Waals surface area contributed by atoms with Gasteiger partial charge in [-0.25, -0.2) is 4.98 Å². The number of piperidine rings is 1. The van der Waals surface area contributed by atoms with E-state index in [0.29, 0.717) is 0 Å². The monoisotopic (exact) mass is 390 g/mol. The lowest BCUT2D eigenvalue weighted by molar-refractivity contribution is -0.121. The van der Waals surface area contributed by atoms with E-state index >= 15 is 0 Å². The third-order valence-corrected chi connectivity index (χ3v) is 6.07. The molecule has 0 aliphatic carbocycles. The summed E-state index contributed by atoms with van der Waals surface area (Å²) in [5, 5.41) is 3.12. The van der Waals surface area contributed by atoms with Crippen LogP contribution in [0.4, 0.5) is 5.69 Å². The van der Waals surface area contributed by atoms with Crippen LogP contribution in [0.15, 0.2) is 42.5 Å². The number of fused-ring (bicyclic) bond motifs is 1. The van der Waals surface area contributed by atoms with Gasteiger partial charge in [-0.05, 0) is 75.5 Å². The molecule has 1 N–H and O–H groups in total. The minimum absolute atomic E-state index is 0.0183. The molecule has 5 heteroatoms. The van der Waals surface area contributed by atoms with Crippen molar-refractivity contribution in [3.63, 3.8) is 0 Å². The molecule has 1 atom stereocenters. The topological polar surface area (TPSA) is 50.2 Å². The Labute approximate surface area is 172 Å². The van der Waals surface area contributed by atoms with Crippen LogP contribution in [-0.2, 0) is 17.9 Å². The Morgan fingerprint density at radius 3 is 2.79 bits per heavy atom. The van der Waals surface area contributed by atoms with Crippen molar-refractivity contribution in [1.82, 2.24) is 14.5 Å². The lowest BCUT2D eigenvalue weighted by atomic mass is 9.97. The number of para-hydroxylation sites is 2. The summed E-state index contributed by atoms with van der Waals surface area (Å²) >= 11 is 0. The third kappa shape index (κ3) is 4.20. The number of imidazole rings is 1. The Morgan fingerprint density at radius 1 is 1.17 bits per heavy atom. The van der Waals surface area contributed by atoms with Crippen molar-refractivity contribution in [3.8, 4) is 0 Å². The van der Waals surface area contributed by atoms with Crippen molar-refractivity contribution in [2.45, 2.75) is 46.7 Å². The molecule has 152 valence electrons. The van der Waals surface area contributed by atoms with Gasteiger partial charge >= 0.3 is 0 Å². The summed E-state index contributed by atoms with van der Waals surface area (Å²) in [7, 11) is 0. The largest absolute Gasteiger partial charge is 0.327 e. The molecular formula is C24H30N4O. The van der Waals surface area contributed by atoms with Crippen LogP contribution in [0.1, 0.15) is 36.7 Å². The van der Waals surface area contributed by atoms with E-state index < -0.39 is 0 Å². The van der Waals surface area contributed by atoms with Gasteiger partial charge in [0, 0.05) is 18.8 Å². The van der Waals surface area contributed by atoms with Gasteiger partial charge in [0.15, 0.2) is 0 Å². The molecule has 2 heterocycles. The molecular weight excluding hydrogens is 360 g/mol. The number of benzene rings is 2. The number of carbonyl (C=O) groups is 1. The number of nitrogens with one attached hydrogen (secondary N) is 1. The molecule has 0 radical (unpaired) electrons. The lowest BCUT2D eigenvalue weighted by Crippen LogP contribution is -2.40. The molecule has 0 spiro atoms. The zero-order chi connectivity index (χ0) is 20.4. The minimum Gasteiger partial charge on any atom is -0.327 e. The Hall–Kier alpha value is -2.66. The van der Waals surface area contributed by atoms with Crippen LogP contribution in [0.5, 0.6) is 0 Å². The normalized spacial score (nSPS) is 17.6. The first-order valence-corrected chi connectivity index (χ1v) is 10.6. The van der Waals surface area contributed by atoms with Crippen molar-refractivity contribution in [3.05, 3.63) is 59.4 Å². The maximum absolute atomic E-state index is 12.9. The number of aryl methyl sites for hydroxylation is 3. The summed E-state index contributed by atoms with van der Waals surface area (Å²) in [6.07, 6.45) is 1.98. The molecule has 1 aliphatic heterocycles. The van der Waals surface area contributed by atoms with Gasteiger partial charge in [0.05, 0.1) is 23.5 Å². The van der Waals surface area contributed by atoms with E-state index in [1.807, 2.05) is 12.1 Å². The molecule has 3 aromatic rings. The fraction of sp³-hybridized carbons (Fsp3) is 0.417. The maximum Gasteiger partial charge on any atom is 0.228 e. The summed E-state index contributed by atoms with van der Waals surface area (Å²) in [6, 6.07) is 14.4. The highest BCUT2D eigenvalue weighted by Crippen LogP contribution is 2.23. The fourth-order valence-electron chi connectivity index (χ4n) is 4.28. The van der Waals surface area contributed by atoms with E-state index in [2.05, 4.69) is 65.9 Å². The van der Waals surface area contributed by atoms with E-state index in [9.17, 15) is 4.79 Å². The van der Waals surface area contributed by atoms with E-state index in [-0.39, 0.29) is 11.8 Å². The lowest BCUT2D eigenvalue weighted by Gasteiger charge is -2.31. The second kappa shape index (κ2) is 8.37. The quantitative estimate of drug-likeness (QED) is 0.697. The predicted octanol–water partition coefficient (Wildman–Crippen LogP) is 4.52. The Balaban J connectivity index is 1.44. The highest BCUT2D eigenvalue weighted by Gasteiger charge is 2.27. The summed E-state index contributed by atoms with van der Waals surface area (Å²) in [5.74, 6) is 1.23. The standard InChI is InChI=1S/C24H30N4O/c1-4-28-22-10-6-5-9-21(22)26-23(28)16-27-13-7-8-19(15-27)24(29)25-20-12-11-17(2)18(3)14-20/h5-6,9-12,14,19H,4,7-8,13,15-16H2,1-3H3,(H,25,29)/t19-/m0/s1. The fourth-order valence-corrected chi connectivity index (χ4v) is 4.28. The second-order valence-electron chi connectivity index (χ2n) is 8.12. The highest BCUT2D eigenvalue weighted by molar-refractivity contribution is 5.92. The molecule has 1 fully saturated rings. The van der Waals surface area contributed by atoms with Gasteiger partial charge in [-0.2, -0.15) is 0 Å². The Bertz CT molecular complexity index is 1020. The van der Waals surface area contributed by atoms with Crippen LogP contribution in [0.2, 0.25) is 0 Å². The molecule has 1 saturated heterocycles. The SMILES string of the molecule is CCn1c(CN2CCC[C@H](C(=O)Nc3ccc(C)c(C)c3)C2)nc2ccccc21. The van der Waals surface area contributed by atoms with Crippen molar-refractivity contribution in [1.29, 1.82) is 0 Å². The molecule has 1 aliphatic rings. The van der Waals surface area contributed by atoms with Gasteiger partial charge in [-0.1, -0.05) is 18.2 Å². The second-order valence-corrected chi connectivity index (χ2v) is 8.12. The minimum atomic E-state index is 0.0183. The number of likely N-dealkylation sites (tertiary alicyclic amines) is 1. The number of hydrogen-bond acceptors (Lipinski definition) is 3. The molecule has 1 aromatic heterocycles. The first-order valence-electron chi connectivity index (χ1n) is 10.6.